The molecule has 0 atom stereocenters. The molecular weight excluding hydrogens is 677 g/mol. The van der Waals surface area contributed by atoms with Crippen LogP contribution in [-0.4, -0.2) is 64.2 Å². The fourth-order valence-electron chi connectivity index (χ4n) is 5.89. The van der Waals surface area contributed by atoms with Crippen LogP contribution in [0, 0.1) is 4.91 Å². The standard InChI is InChI=1S/C40H40N6O3S2/c41-40(44-51(48,49)36-20-21-38(39(30-36)43-47)42-23-29-50-35-14-8-3-9-15-35)33-16-18-34(19-17-33)46-27-25-45(26-28-46)24-22-37(31-10-4-1-5-11-31)32-12-6-2-7-13-32/h1-22,30,42H,23-29H2,(H2,41,44). The third-order valence-corrected chi connectivity index (χ3v) is 10.9. The zero-order valence-electron chi connectivity index (χ0n) is 28.1. The summed E-state index contributed by atoms with van der Waals surface area (Å²) in [7, 11) is -4.19. The van der Waals surface area contributed by atoms with E-state index < -0.39 is 10.0 Å². The van der Waals surface area contributed by atoms with Gasteiger partial charge in [0.15, 0.2) is 0 Å². The molecule has 0 unspecified atom stereocenters. The average molecular weight is 717 g/mol. The van der Waals surface area contributed by atoms with Crippen LogP contribution in [-0.2, 0) is 10.0 Å². The molecule has 3 N–H and O–H groups in total. The molecule has 1 saturated heterocycles. The number of amidine groups is 1. The normalized spacial score (nSPS) is 13.8. The van der Waals surface area contributed by atoms with Crippen LogP contribution in [0.15, 0.2) is 159 Å². The molecule has 0 amide bonds. The Morgan fingerprint density at radius 3 is 1.98 bits per heavy atom. The van der Waals surface area contributed by atoms with Gasteiger partial charge in [0.1, 0.15) is 11.5 Å². The van der Waals surface area contributed by atoms with Crippen molar-refractivity contribution in [3.8, 4) is 0 Å². The van der Waals surface area contributed by atoms with Gasteiger partial charge in [0, 0.05) is 61.2 Å². The lowest BCUT2D eigenvalue weighted by Gasteiger charge is -2.35. The third-order valence-electron chi connectivity index (χ3n) is 8.64. The topological polar surface area (TPSA) is 120 Å². The number of thioether (sulfide) groups is 1. The lowest BCUT2D eigenvalue weighted by atomic mass is 9.97. The second-order valence-corrected chi connectivity index (χ2v) is 14.8. The Morgan fingerprint density at radius 2 is 1.37 bits per heavy atom. The number of rotatable bonds is 14. The number of anilines is 2. The largest absolute Gasteiger partial charge is 0.383 e. The molecule has 260 valence electrons. The number of nitrogens with one attached hydrogen (secondary N) is 1. The van der Waals surface area contributed by atoms with Crippen LogP contribution in [0.3, 0.4) is 0 Å². The highest BCUT2D eigenvalue weighted by atomic mass is 32.2. The number of sulfonamides is 1. The van der Waals surface area contributed by atoms with E-state index >= 15 is 0 Å². The first-order chi connectivity index (χ1) is 24.9. The van der Waals surface area contributed by atoms with Crippen LogP contribution in [0.2, 0.25) is 0 Å². The molecule has 5 aromatic rings. The lowest BCUT2D eigenvalue weighted by Crippen LogP contribution is -2.46. The van der Waals surface area contributed by atoms with Crippen molar-refractivity contribution in [3.63, 3.8) is 0 Å². The minimum absolute atomic E-state index is 0.0112. The summed E-state index contributed by atoms with van der Waals surface area (Å²) in [5.74, 6) is 0.618. The monoisotopic (exact) mass is 716 g/mol. The molecule has 1 fully saturated rings. The maximum atomic E-state index is 13.2. The van der Waals surface area contributed by atoms with E-state index in [0.717, 1.165) is 49.1 Å². The summed E-state index contributed by atoms with van der Waals surface area (Å²) in [5, 5.41) is 6.20. The predicted molar refractivity (Wildman–Crippen MR) is 211 cm³/mol. The SMILES string of the molecule is NC(=NS(=O)(=O)c1ccc(NCCSc2ccccc2)c(N=O)c1)c1ccc(N2CCN(CC=C(c3ccccc3)c3ccccc3)CC2)cc1. The van der Waals surface area contributed by atoms with Crippen molar-refractivity contribution < 1.29 is 8.42 Å². The number of hydrogen-bond acceptors (Lipinski definition) is 8. The van der Waals surface area contributed by atoms with Gasteiger partial charge in [-0.1, -0.05) is 84.9 Å². The first kappa shape index (κ1) is 35.6. The number of nitroso groups, excluding NO2 is 1. The summed E-state index contributed by atoms with van der Waals surface area (Å²) >= 11 is 1.67. The fraction of sp³-hybridized carbons (Fsp3) is 0.175. The van der Waals surface area contributed by atoms with Crippen LogP contribution < -0.4 is 16.0 Å². The summed E-state index contributed by atoms with van der Waals surface area (Å²) < 4.78 is 30.2. The van der Waals surface area contributed by atoms with E-state index in [1.807, 2.05) is 54.6 Å². The van der Waals surface area contributed by atoms with Crippen LogP contribution in [0.1, 0.15) is 16.7 Å². The van der Waals surface area contributed by atoms with Gasteiger partial charge in [-0.05, 0) is 76.5 Å². The number of nitrogens with two attached hydrogens (primary N) is 1. The number of benzene rings is 5. The Morgan fingerprint density at radius 1 is 0.765 bits per heavy atom. The van der Waals surface area contributed by atoms with Crippen molar-refractivity contribution in [2.75, 3.05) is 55.2 Å². The van der Waals surface area contributed by atoms with Gasteiger partial charge in [0.2, 0.25) is 0 Å². The molecule has 6 rings (SSSR count). The van der Waals surface area contributed by atoms with Crippen LogP contribution in [0.4, 0.5) is 17.1 Å². The van der Waals surface area contributed by atoms with Crippen LogP contribution >= 0.6 is 11.8 Å². The Labute approximate surface area is 303 Å². The molecule has 51 heavy (non-hydrogen) atoms. The highest BCUT2D eigenvalue weighted by Gasteiger charge is 2.19. The third kappa shape index (κ3) is 9.52. The van der Waals surface area contributed by atoms with Gasteiger partial charge in [-0.3, -0.25) is 4.90 Å². The summed E-state index contributed by atoms with van der Waals surface area (Å²) in [5.41, 5.74) is 11.8. The van der Waals surface area contributed by atoms with Crippen molar-refractivity contribution in [3.05, 3.63) is 161 Å². The molecule has 11 heteroatoms. The Kier molecular flexibility index (Phi) is 12.0. The second kappa shape index (κ2) is 17.1. The zero-order chi connectivity index (χ0) is 35.5. The van der Waals surface area contributed by atoms with Crippen molar-refractivity contribution in [2.45, 2.75) is 9.79 Å². The van der Waals surface area contributed by atoms with Gasteiger partial charge < -0.3 is 16.0 Å². The maximum Gasteiger partial charge on any atom is 0.284 e. The van der Waals surface area contributed by atoms with Crippen LogP contribution in [0.5, 0.6) is 0 Å². The van der Waals surface area contributed by atoms with Crippen molar-refractivity contribution in [1.29, 1.82) is 0 Å². The minimum Gasteiger partial charge on any atom is -0.383 e. The molecule has 1 heterocycles. The molecule has 0 bridgehead atoms. The van der Waals surface area contributed by atoms with Gasteiger partial charge in [-0.15, -0.1) is 21.1 Å². The van der Waals surface area contributed by atoms with E-state index in [4.69, 9.17) is 5.73 Å². The first-order valence-corrected chi connectivity index (χ1v) is 19.2. The Balaban J connectivity index is 1.04. The van der Waals surface area contributed by atoms with E-state index in [1.165, 1.54) is 34.9 Å². The second-order valence-electron chi connectivity index (χ2n) is 12.0. The molecule has 1 aliphatic rings. The highest BCUT2D eigenvalue weighted by molar-refractivity contribution is 7.99. The molecule has 0 aliphatic carbocycles. The fourth-order valence-corrected chi connectivity index (χ4v) is 7.65. The number of nitrogens with zero attached hydrogens (tertiary/aromatic N) is 4. The quantitative estimate of drug-likeness (QED) is 0.0396. The van der Waals surface area contributed by atoms with E-state index in [9.17, 15) is 13.3 Å². The van der Waals surface area contributed by atoms with Gasteiger partial charge in [0.25, 0.3) is 10.0 Å². The van der Waals surface area contributed by atoms with Crippen molar-refractivity contribution in [1.82, 2.24) is 4.90 Å². The smallest absolute Gasteiger partial charge is 0.284 e. The van der Waals surface area contributed by atoms with Gasteiger partial charge in [-0.25, -0.2) is 0 Å². The van der Waals surface area contributed by atoms with Gasteiger partial charge in [0.05, 0.1) is 10.6 Å². The highest BCUT2D eigenvalue weighted by Crippen LogP contribution is 2.30. The number of piperazine rings is 1. The lowest BCUT2D eigenvalue weighted by molar-refractivity contribution is 0.284. The Hall–Kier alpha value is -5.23. The summed E-state index contributed by atoms with van der Waals surface area (Å²) in [6.45, 7) is 4.96. The molecular formula is C40H40N6O3S2. The molecule has 0 spiro atoms. The molecule has 1 aliphatic heterocycles. The van der Waals surface area contributed by atoms with Crippen LogP contribution in [0.25, 0.3) is 5.57 Å². The zero-order valence-corrected chi connectivity index (χ0v) is 29.8. The van der Waals surface area contributed by atoms with Gasteiger partial charge >= 0.3 is 0 Å². The summed E-state index contributed by atoms with van der Waals surface area (Å²) in [6.07, 6.45) is 2.32. The van der Waals surface area contributed by atoms with E-state index in [1.54, 1.807) is 23.9 Å². The minimum atomic E-state index is -4.19. The average Bonchev–Trinajstić information content (AvgIpc) is 3.18. The first-order valence-electron chi connectivity index (χ1n) is 16.8. The summed E-state index contributed by atoms with van der Waals surface area (Å²) in [4.78, 5) is 17.3. The van der Waals surface area contributed by atoms with Crippen molar-refractivity contribution >= 4 is 50.3 Å². The molecule has 9 nitrogen and oxygen atoms in total. The molecule has 0 saturated carbocycles. The predicted octanol–water partition coefficient (Wildman–Crippen LogP) is 7.64. The van der Waals surface area contributed by atoms with Gasteiger partial charge in [-0.2, -0.15) is 8.42 Å². The molecule has 0 aromatic heterocycles. The van der Waals surface area contributed by atoms with Crippen molar-refractivity contribution in [2.24, 2.45) is 15.3 Å². The molecule has 0 radical (unpaired) electrons. The Bertz CT molecular complexity index is 2030. The molecule has 5 aromatic carbocycles. The van der Waals surface area contributed by atoms with E-state index in [-0.39, 0.29) is 16.4 Å². The maximum absolute atomic E-state index is 13.2. The number of hydrogen-bond donors (Lipinski definition) is 2. The van der Waals surface area contributed by atoms with E-state index in [0.29, 0.717) is 17.8 Å². The summed E-state index contributed by atoms with van der Waals surface area (Å²) in [6, 6.07) is 42.5. The van der Waals surface area contributed by atoms with E-state index in [2.05, 4.69) is 79.3 Å².